The lowest BCUT2D eigenvalue weighted by Crippen LogP contribution is -2.47. The van der Waals surface area contributed by atoms with Crippen LogP contribution in [0.1, 0.15) is 47.8 Å². The summed E-state index contributed by atoms with van der Waals surface area (Å²) in [6.07, 6.45) is 3.96. The van der Waals surface area contributed by atoms with Crippen molar-refractivity contribution in [1.82, 2.24) is 19.9 Å². The summed E-state index contributed by atoms with van der Waals surface area (Å²) in [6.45, 7) is 3.16. The van der Waals surface area contributed by atoms with E-state index < -0.39 is 0 Å². The van der Waals surface area contributed by atoms with E-state index in [-0.39, 0.29) is 17.7 Å². The lowest BCUT2D eigenvalue weighted by Gasteiger charge is -2.35. The van der Waals surface area contributed by atoms with Gasteiger partial charge in [-0.15, -0.1) is 0 Å². The van der Waals surface area contributed by atoms with Crippen LogP contribution in [0.4, 0.5) is 22.1 Å². The van der Waals surface area contributed by atoms with Crippen LogP contribution in [0, 0.1) is 0 Å². The number of carbonyl (C=O) groups excluding carboxylic acids is 2. The number of hydrogen-bond acceptors (Lipinski definition) is 9. The first kappa shape index (κ1) is 28.2. The Morgan fingerprint density at radius 2 is 1.45 bits per heavy atom. The van der Waals surface area contributed by atoms with E-state index in [4.69, 9.17) is 24.4 Å². The van der Waals surface area contributed by atoms with E-state index in [1.807, 2.05) is 43.3 Å². The molecule has 1 aromatic heterocycles. The van der Waals surface area contributed by atoms with Gasteiger partial charge in [-0.2, -0.15) is 9.97 Å². The Morgan fingerprint density at radius 1 is 0.833 bits per heavy atom. The number of likely N-dealkylation sites (N-methyl/N-ethyl adjacent to an activating group) is 1. The topological polar surface area (TPSA) is 122 Å². The summed E-state index contributed by atoms with van der Waals surface area (Å²) < 4.78 is 11.4. The van der Waals surface area contributed by atoms with Gasteiger partial charge in [0.05, 0.1) is 31.8 Å². The van der Waals surface area contributed by atoms with Gasteiger partial charge in [-0.1, -0.05) is 0 Å². The summed E-state index contributed by atoms with van der Waals surface area (Å²) >= 11 is 0. The fourth-order valence-electron chi connectivity index (χ4n) is 5.83. The third-order valence-electron chi connectivity index (χ3n) is 8.02. The van der Waals surface area contributed by atoms with Crippen molar-refractivity contribution in [3.05, 3.63) is 59.9 Å². The number of morpholine rings is 1. The molecule has 0 spiro atoms. The molecule has 0 aliphatic carbocycles. The Balaban J connectivity index is 1.16. The highest BCUT2D eigenvalue weighted by molar-refractivity contribution is 6.01. The van der Waals surface area contributed by atoms with Gasteiger partial charge in [-0.25, -0.2) is 9.78 Å². The van der Waals surface area contributed by atoms with Crippen molar-refractivity contribution in [3.8, 4) is 11.4 Å². The third-order valence-corrected chi connectivity index (χ3v) is 8.02. The van der Waals surface area contributed by atoms with Crippen LogP contribution in [0.5, 0.6) is 0 Å². The monoisotopic (exact) mass is 571 g/mol. The van der Waals surface area contributed by atoms with Gasteiger partial charge in [0.25, 0.3) is 0 Å². The predicted octanol–water partition coefficient (Wildman–Crippen LogP) is 4.19. The molecular formula is C31H37N7O4. The number of ether oxygens (including phenoxy) is 2. The number of Topliss-reactive ketones (excluding diaryl/α,β-unsaturated/α-hetero) is 1. The Bertz CT molecular complexity index is 1390. The smallest absolute Gasteiger partial charge is 0.323 e. The van der Waals surface area contributed by atoms with Crippen molar-refractivity contribution in [2.24, 2.45) is 0 Å². The zero-order valence-electron chi connectivity index (χ0n) is 24.1. The fourth-order valence-corrected chi connectivity index (χ4v) is 5.83. The average Bonchev–Trinajstić information content (AvgIpc) is 3.25. The standard InChI is InChI=1S/C31H37N7O4/c1-37(2)17-27(39)20-3-7-23(8-4-20)32-31(40)33-24-9-5-21(6-10-24)28-34-29(22-13-15-41-16-14-22)36-30(35-28)38-25-11-12-26(38)19-42-18-25/h3-10,22,25-26H,11-19H2,1-2H3,(H2,32,33,40). The van der Waals surface area contributed by atoms with E-state index in [1.165, 1.54) is 0 Å². The lowest BCUT2D eigenvalue weighted by molar-refractivity contribution is 0.0831. The normalized spacial score (nSPS) is 20.5. The Morgan fingerprint density at radius 3 is 2.07 bits per heavy atom. The van der Waals surface area contributed by atoms with Crippen LogP contribution in [0.25, 0.3) is 11.4 Å². The van der Waals surface area contributed by atoms with Crippen LogP contribution in [-0.4, -0.2) is 90.8 Å². The Kier molecular flexibility index (Phi) is 8.41. The summed E-state index contributed by atoms with van der Waals surface area (Å²) in [4.78, 5) is 43.9. The first-order chi connectivity index (χ1) is 20.4. The van der Waals surface area contributed by atoms with Gasteiger partial charge in [0.1, 0.15) is 5.82 Å². The number of ketones is 1. The molecule has 11 nitrogen and oxygen atoms in total. The van der Waals surface area contributed by atoms with Crippen LogP contribution in [0.3, 0.4) is 0 Å². The summed E-state index contributed by atoms with van der Waals surface area (Å²) in [6, 6.07) is 14.6. The second-order valence-corrected chi connectivity index (χ2v) is 11.4. The second-order valence-electron chi connectivity index (χ2n) is 11.4. The first-order valence-corrected chi connectivity index (χ1v) is 14.6. The molecule has 0 radical (unpaired) electrons. The average molecular weight is 572 g/mol. The molecule has 2 bridgehead atoms. The molecule has 42 heavy (non-hydrogen) atoms. The molecule has 2 unspecified atom stereocenters. The molecule has 4 heterocycles. The molecule has 3 aliphatic heterocycles. The number of urea groups is 1. The number of amides is 2. The summed E-state index contributed by atoms with van der Waals surface area (Å²) in [5, 5.41) is 5.68. The molecule has 2 aromatic carbocycles. The van der Waals surface area contributed by atoms with Gasteiger partial charge in [-0.05, 0) is 88.3 Å². The predicted molar refractivity (Wildman–Crippen MR) is 160 cm³/mol. The van der Waals surface area contributed by atoms with E-state index in [0.717, 1.165) is 43.0 Å². The molecule has 2 amide bonds. The molecule has 3 aromatic rings. The SMILES string of the molecule is CN(C)CC(=O)c1ccc(NC(=O)Nc2ccc(-c3nc(C4CCOCC4)nc(N4C5CCC4COC5)n3)cc2)cc1. The molecule has 11 heteroatoms. The number of nitrogens with zero attached hydrogens (tertiary/aromatic N) is 5. The molecule has 2 atom stereocenters. The molecular weight excluding hydrogens is 534 g/mol. The van der Waals surface area contributed by atoms with Crippen LogP contribution in [-0.2, 0) is 9.47 Å². The van der Waals surface area contributed by atoms with Crippen molar-refractivity contribution < 1.29 is 19.1 Å². The fraction of sp³-hybridized carbons (Fsp3) is 0.452. The van der Waals surface area contributed by atoms with Crippen molar-refractivity contribution in [3.63, 3.8) is 0 Å². The number of aromatic nitrogens is 3. The van der Waals surface area contributed by atoms with E-state index in [1.54, 1.807) is 24.3 Å². The maximum Gasteiger partial charge on any atom is 0.323 e. The number of nitrogens with one attached hydrogen (secondary N) is 2. The zero-order chi connectivity index (χ0) is 29.1. The molecule has 220 valence electrons. The maximum atomic E-state index is 12.7. The van der Waals surface area contributed by atoms with Gasteiger partial charge < -0.3 is 29.9 Å². The number of rotatable bonds is 8. The van der Waals surface area contributed by atoms with Crippen molar-refractivity contribution in [1.29, 1.82) is 0 Å². The Hall–Kier alpha value is -3.93. The van der Waals surface area contributed by atoms with Crippen LogP contribution >= 0.6 is 0 Å². The lowest BCUT2D eigenvalue weighted by atomic mass is 9.99. The molecule has 3 fully saturated rings. The van der Waals surface area contributed by atoms with E-state index in [0.29, 0.717) is 67.8 Å². The van der Waals surface area contributed by atoms with Crippen LogP contribution in [0.2, 0.25) is 0 Å². The van der Waals surface area contributed by atoms with E-state index in [2.05, 4.69) is 15.5 Å². The van der Waals surface area contributed by atoms with E-state index >= 15 is 0 Å². The van der Waals surface area contributed by atoms with Gasteiger partial charge in [0, 0.05) is 41.6 Å². The zero-order valence-corrected chi connectivity index (χ0v) is 24.1. The highest BCUT2D eigenvalue weighted by atomic mass is 16.5. The van der Waals surface area contributed by atoms with Crippen LogP contribution in [0.15, 0.2) is 48.5 Å². The van der Waals surface area contributed by atoms with E-state index in [9.17, 15) is 9.59 Å². The highest BCUT2D eigenvalue weighted by Crippen LogP contribution is 2.34. The maximum absolute atomic E-state index is 12.7. The number of benzene rings is 2. The third kappa shape index (κ3) is 6.43. The quantitative estimate of drug-likeness (QED) is 0.383. The summed E-state index contributed by atoms with van der Waals surface area (Å²) in [7, 11) is 3.70. The van der Waals surface area contributed by atoms with Gasteiger partial charge >= 0.3 is 6.03 Å². The van der Waals surface area contributed by atoms with Crippen LogP contribution < -0.4 is 15.5 Å². The number of hydrogen-bond donors (Lipinski definition) is 2. The summed E-state index contributed by atoms with van der Waals surface area (Å²) in [5.74, 6) is 2.45. The molecule has 0 saturated carbocycles. The largest absolute Gasteiger partial charge is 0.381 e. The molecule has 2 N–H and O–H groups in total. The van der Waals surface area contributed by atoms with Crippen molar-refractivity contribution in [2.75, 3.05) is 62.6 Å². The van der Waals surface area contributed by atoms with Crippen molar-refractivity contribution >= 4 is 29.1 Å². The molecule has 6 rings (SSSR count). The minimum atomic E-state index is -0.373. The molecule has 3 aliphatic rings. The first-order valence-electron chi connectivity index (χ1n) is 14.6. The summed E-state index contributed by atoms with van der Waals surface area (Å²) in [5.41, 5.74) is 2.70. The van der Waals surface area contributed by atoms with Gasteiger partial charge in [0.2, 0.25) is 5.95 Å². The number of anilines is 3. The number of carbonyl (C=O) groups is 2. The minimum Gasteiger partial charge on any atom is -0.381 e. The number of fused-ring (bicyclic) bond motifs is 2. The van der Waals surface area contributed by atoms with Crippen molar-refractivity contribution in [2.45, 2.75) is 43.7 Å². The highest BCUT2D eigenvalue weighted by Gasteiger charge is 2.39. The Labute approximate surface area is 245 Å². The minimum absolute atomic E-state index is 0.0265. The van der Waals surface area contributed by atoms with Gasteiger partial charge in [-0.3, -0.25) is 4.79 Å². The molecule has 3 saturated heterocycles. The second kappa shape index (κ2) is 12.5. The van der Waals surface area contributed by atoms with Gasteiger partial charge in [0.15, 0.2) is 11.6 Å².